The third kappa shape index (κ3) is 5.02. The molecular formula is C20H24FN7O2. The number of aliphatic imine (C=N–C) groups is 1. The molecule has 158 valence electrons. The van der Waals surface area contributed by atoms with Crippen molar-refractivity contribution in [1.82, 2.24) is 25.3 Å². The number of aryl methyl sites for hydroxylation is 2. The van der Waals surface area contributed by atoms with Gasteiger partial charge in [-0.05, 0) is 25.0 Å². The van der Waals surface area contributed by atoms with Crippen LogP contribution in [0.3, 0.4) is 0 Å². The molecule has 0 aliphatic heterocycles. The molecule has 2 heterocycles. The zero-order valence-corrected chi connectivity index (χ0v) is 17.2. The van der Waals surface area contributed by atoms with Crippen LogP contribution in [-0.4, -0.2) is 43.5 Å². The molecule has 0 saturated heterocycles. The Morgan fingerprint density at radius 3 is 2.77 bits per heavy atom. The summed E-state index contributed by atoms with van der Waals surface area (Å²) in [6, 6.07) is 5.44. The van der Waals surface area contributed by atoms with E-state index < -0.39 is 5.82 Å². The monoisotopic (exact) mass is 413 g/mol. The number of carbonyl (C=O) groups is 1. The van der Waals surface area contributed by atoms with E-state index in [4.69, 9.17) is 0 Å². The van der Waals surface area contributed by atoms with Gasteiger partial charge in [0.1, 0.15) is 11.6 Å². The SMILES string of the molecule is Cc1nn(C)cc1C(=O)NC(=NCC(C)C)Nc1cc(-c2ccc(O)cc2F)[nH]n1. The Morgan fingerprint density at radius 2 is 2.13 bits per heavy atom. The summed E-state index contributed by atoms with van der Waals surface area (Å²) in [6.07, 6.45) is 1.63. The van der Waals surface area contributed by atoms with Gasteiger partial charge < -0.3 is 10.4 Å². The zero-order valence-electron chi connectivity index (χ0n) is 17.2. The van der Waals surface area contributed by atoms with E-state index in [0.717, 1.165) is 6.07 Å². The Hall–Kier alpha value is -3.69. The summed E-state index contributed by atoms with van der Waals surface area (Å²) in [6.45, 7) is 6.25. The van der Waals surface area contributed by atoms with E-state index in [0.29, 0.717) is 29.3 Å². The predicted molar refractivity (Wildman–Crippen MR) is 112 cm³/mol. The van der Waals surface area contributed by atoms with Crippen LogP contribution in [0.2, 0.25) is 0 Å². The Labute approximate surface area is 173 Å². The fraction of sp³-hybridized carbons (Fsp3) is 0.300. The molecule has 2 aromatic heterocycles. The summed E-state index contributed by atoms with van der Waals surface area (Å²) in [4.78, 5) is 17.1. The third-order valence-corrected chi connectivity index (χ3v) is 4.17. The predicted octanol–water partition coefficient (Wildman–Crippen LogP) is 2.82. The first-order valence-electron chi connectivity index (χ1n) is 9.40. The number of hydrogen-bond acceptors (Lipinski definition) is 5. The van der Waals surface area contributed by atoms with Crippen LogP contribution in [0.5, 0.6) is 5.75 Å². The van der Waals surface area contributed by atoms with Gasteiger partial charge in [0.25, 0.3) is 5.91 Å². The lowest BCUT2D eigenvalue weighted by Crippen LogP contribution is -2.36. The Balaban J connectivity index is 1.80. The molecule has 3 aromatic rings. The van der Waals surface area contributed by atoms with Crippen molar-refractivity contribution in [2.75, 3.05) is 11.9 Å². The maximum Gasteiger partial charge on any atom is 0.261 e. The highest BCUT2D eigenvalue weighted by Crippen LogP contribution is 2.25. The van der Waals surface area contributed by atoms with Crippen molar-refractivity contribution in [3.63, 3.8) is 0 Å². The molecule has 10 heteroatoms. The van der Waals surface area contributed by atoms with E-state index in [1.54, 1.807) is 30.9 Å². The quantitative estimate of drug-likeness (QED) is 0.379. The van der Waals surface area contributed by atoms with Crippen molar-refractivity contribution < 1.29 is 14.3 Å². The number of aromatic hydroxyl groups is 1. The average Bonchev–Trinajstić information content (AvgIpc) is 3.25. The summed E-state index contributed by atoms with van der Waals surface area (Å²) in [5.41, 5.74) is 1.70. The van der Waals surface area contributed by atoms with Crippen LogP contribution >= 0.6 is 0 Å². The van der Waals surface area contributed by atoms with Crippen molar-refractivity contribution in [3.8, 4) is 17.0 Å². The second-order valence-electron chi connectivity index (χ2n) is 7.30. The zero-order chi connectivity index (χ0) is 21.8. The van der Waals surface area contributed by atoms with Crippen LogP contribution < -0.4 is 10.6 Å². The molecule has 0 spiro atoms. The van der Waals surface area contributed by atoms with Gasteiger partial charge in [-0.2, -0.15) is 10.2 Å². The van der Waals surface area contributed by atoms with Gasteiger partial charge >= 0.3 is 0 Å². The summed E-state index contributed by atoms with van der Waals surface area (Å²) in [7, 11) is 1.74. The molecule has 0 aliphatic carbocycles. The van der Waals surface area contributed by atoms with Crippen molar-refractivity contribution in [1.29, 1.82) is 0 Å². The van der Waals surface area contributed by atoms with Crippen molar-refractivity contribution in [2.24, 2.45) is 18.0 Å². The van der Waals surface area contributed by atoms with E-state index in [9.17, 15) is 14.3 Å². The number of halogens is 1. The standard InChI is InChI=1S/C20H24FN7O2/c1-11(2)9-22-20(24-19(30)15-10-28(4)27-12(15)3)23-18-8-17(25-26-18)14-6-5-13(29)7-16(14)21/h5-8,10-11,29H,9H2,1-4H3,(H3,22,23,24,25,26,30). The first-order chi connectivity index (χ1) is 14.2. The minimum absolute atomic E-state index is 0.161. The number of aromatic amines is 1. The van der Waals surface area contributed by atoms with Crippen LogP contribution in [0.1, 0.15) is 29.9 Å². The topological polar surface area (TPSA) is 120 Å². The lowest BCUT2D eigenvalue weighted by Gasteiger charge is -2.10. The van der Waals surface area contributed by atoms with Crippen molar-refractivity contribution in [3.05, 3.63) is 47.5 Å². The molecule has 4 N–H and O–H groups in total. The molecule has 0 atom stereocenters. The van der Waals surface area contributed by atoms with E-state index in [-0.39, 0.29) is 29.1 Å². The summed E-state index contributed by atoms with van der Waals surface area (Å²) in [5, 5.41) is 26.1. The smallest absolute Gasteiger partial charge is 0.261 e. The number of anilines is 1. The number of phenols is 1. The second-order valence-corrected chi connectivity index (χ2v) is 7.30. The van der Waals surface area contributed by atoms with E-state index >= 15 is 0 Å². The Morgan fingerprint density at radius 1 is 1.37 bits per heavy atom. The normalized spacial score (nSPS) is 11.7. The van der Waals surface area contributed by atoms with Gasteiger partial charge in [-0.3, -0.25) is 24.9 Å². The Bertz CT molecular complexity index is 1080. The van der Waals surface area contributed by atoms with Crippen LogP contribution in [0.15, 0.2) is 35.5 Å². The van der Waals surface area contributed by atoms with E-state index in [1.807, 2.05) is 13.8 Å². The molecular weight excluding hydrogens is 389 g/mol. The van der Waals surface area contributed by atoms with Gasteiger partial charge in [-0.15, -0.1) is 0 Å². The number of benzene rings is 1. The van der Waals surface area contributed by atoms with Gasteiger partial charge in [0.05, 0.1) is 17.0 Å². The lowest BCUT2D eigenvalue weighted by molar-refractivity contribution is 0.0976. The number of hydrogen-bond donors (Lipinski definition) is 4. The van der Waals surface area contributed by atoms with Gasteiger partial charge in [0, 0.05) is 37.5 Å². The number of amides is 1. The molecule has 0 unspecified atom stereocenters. The molecule has 3 rings (SSSR count). The van der Waals surface area contributed by atoms with Crippen molar-refractivity contribution >= 4 is 17.7 Å². The van der Waals surface area contributed by atoms with Crippen LogP contribution in [-0.2, 0) is 7.05 Å². The van der Waals surface area contributed by atoms with Crippen LogP contribution in [0, 0.1) is 18.7 Å². The fourth-order valence-electron chi connectivity index (χ4n) is 2.75. The molecule has 9 nitrogen and oxygen atoms in total. The highest BCUT2D eigenvalue weighted by Gasteiger charge is 2.16. The highest BCUT2D eigenvalue weighted by atomic mass is 19.1. The first kappa shape index (κ1) is 21.0. The number of rotatable bonds is 5. The van der Waals surface area contributed by atoms with Gasteiger partial charge in [0.2, 0.25) is 5.96 Å². The number of guanidine groups is 1. The number of H-pyrrole nitrogens is 1. The minimum atomic E-state index is -0.584. The minimum Gasteiger partial charge on any atom is -0.508 e. The molecule has 1 aromatic carbocycles. The third-order valence-electron chi connectivity index (χ3n) is 4.17. The molecule has 0 saturated carbocycles. The highest BCUT2D eigenvalue weighted by molar-refractivity contribution is 6.10. The first-order valence-corrected chi connectivity index (χ1v) is 9.40. The van der Waals surface area contributed by atoms with Crippen molar-refractivity contribution in [2.45, 2.75) is 20.8 Å². The van der Waals surface area contributed by atoms with Gasteiger partial charge in [-0.1, -0.05) is 13.8 Å². The average molecular weight is 413 g/mol. The van der Waals surface area contributed by atoms with E-state index in [2.05, 4.69) is 30.9 Å². The number of aromatic nitrogens is 4. The Kier molecular flexibility index (Phi) is 6.14. The van der Waals surface area contributed by atoms with E-state index in [1.165, 1.54) is 12.1 Å². The number of nitrogens with zero attached hydrogens (tertiary/aromatic N) is 4. The fourth-order valence-corrected chi connectivity index (χ4v) is 2.75. The molecule has 0 aliphatic rings. The maximum atomic E-state index is 14.1. The molecule has 0 radical (unpaired) electrons. The summed E-state index contributed by atoms with van der Waals surface area (Å²) < 4.78 is 15.7. The molecule has 1 amide bonds. The number of carbonyl (C=O) groups excluding carboxylic acids is 1. The summed E-state index contributed by atoms with van der Waals surface area (Å²) >= 11 is 0. The lowest BCUT2D eigenvalue weighted by atomic mass is 10.1. The molecule has 30 heavy (non-hydrogen) atoms. The maximum absolute atomic E-state index is 14.1. The van der Waals surface area contributed by atoms with Crippen LogP contribution in [0.25, 0.3) is 11.3 Å². The number of phenolic OH excluding ortho intramolecular Hbond substituents is 1. The molecule has 0 bridgehead atoms. The van der Waals surface area contributed by atoms with Gasteiger partial charge in [0.15, 0.2) is 5.82 Å². The molecule has 0 fully saturated rings. The number of nitrogens with one attached hydrogen (secondary N) is 3. The largest absolute Gasteiger partial charge is 0.508 e. The second kappa shape index (κ2) is 8.76. The summed E-state index contributed by atoms with van der Waals surface area (Å²) in [5.74, 6) is -0.245. The van der Waals surface area contributed by atoms with Crippen LogP contribution in [0.4, 0.5) is 10.2 Å². The van der Waals surface area contributed by atoms with Gasteiger partial charge in [-0.25, -0.2) is 4.39 Å².